The minimum atomic E-state index is -0.414. The third-order valence-electron chi connectivity index (χ3n) is 11.7. The number of esters is 1. The molecule has 0 bridgehead atoms. The lowest BCUT2D eigenvalue weighted by Gasteiger charge is -2.39. The summed E-state index contributed by atoms with van der Waals surface area (Å²) in [5.74, 6) is 0.0231. The molecule has 0 heterocycles. The van der Waals surface area contributed by atoms with E-state index in [4.69, 9.17) is 4.74 Å². The number of amides is 1. The predicted octanol–water partition coefficient (Wildman–Crippen LogP) is 18.8. The summed E-state index contributed by atoms with van der Waals surface area (Å²) in [4.78, 5) is 23.1. The zero-order chi connectivity index (χ0) is 40.5. The average molecular weight is 821 g/mol. The third-order valence-corrected chi connectivity index (χ3v) is 11.7. The summed E-state index contributed by atoms with van der Waals surface area (Å²) in [6, 6.07) is 10.7. The second-order valence-corrected chi connectivity index (χ2v) is 19.8. The van der Waals surface area contributed by atoms with Gasteiger partial charge in [0, 0.05) is 12.0 Å². The lowest BCUT2D eigenvalue weighted by Crippen LogP contribution is -2.44. The first-order chi connectivity index (χ1) is 21.5. The van der Waals surface area contributed by atoms with Crippen LogP contribution in [0.2, 0.25) is 0 Å². The number of rotatable bonds is 6. The van der Waals surface area contributed by atoms with Crippen LogP contribution in [0.1, 0.15) is 251 Å². The van der Waals surface area contributed by atoms with E-state index in [1.54, 1.807) is 0 Å². The lowest BCUT2D eigenvalue weighted by molar-refractivity contribution is -0.159. The summed E-state index contributed by atoms with van der Waals surface area (Å²) >= 11 is 0. The molecule has 57 heavy (non-hydrogen) atoms. The molecule has 0 fully saturated rings. The topological polar surface area (TPSA) is 55.4 Å². The minimum absolute atomic E-state index is 0. The predicted molar refractivity (Wildman–Crippen MR) is 274 cm³/mol. The molecule has 0 saturated carbocycles. The summed E-state index contributed by atoms with van der Waals surface area (Å²) in [6.07, 6.45) is 2.51. The Morgan fingerprint density at radius 2 is 0.807 bits per heavy atom. The quantitative estimate of drug-likeness (QED) is 0.291. The number of hydrogen-bond acceptors (Lipinski definition) is 3. The highest BCUT2D eigenvalue weighted by atomic mass is 16.5. The van der Waals surface area contributed by atoms with Gasteiger partial charge in [-0.2, -0.15) is 0 Å². The van der Waals surface area contributed by atoms with Crippen molar-refractivity contribution >= 4 is 11.9 Å². The van der Waals surface area contributed by atoms with Crippen LogP contribution in [0.25, 0.3) is 0 Å². The van der Waals surface area contributed by atoms with Crippen molar-refractivity contribution in [2.45, 2.75) is 251 Å². The lowest BCUT2D eigenvalue weighted by atomic mass is 9.65. The van der Waals surface area contributed by atoms with Crippen LogP contribution in [0.3, 0.4) is 0 Å². The van der Waals surface area contributed by atoms with Crippen molar-refractivity contribution < 1.29 is 14.3 Å². The molecule has 0 aliphatic heterocycles. The zero-order valence-corrected chi connectivity index (χ0v) is 37.9. The van der Waals surface area contributed by atoms with Crippen molar-refractivity contribution in [1.82, 2.24) is 5.32 Å². The zero-order valence-electron chi connectivity index (χ0n) is 37.9. The number of carbonyl (C=O) groups excluding carboxylic acids is 2. The van der Waals surface area contributed by atoms with E-state index in [1.807, 2.05) is 62.3 Å². The van der Waals surface area contributed by atoms with Crippen molar-refractivity contribution in [3.05, 3.63) is 35.9 Å². The Kier molecular flexibility index (Phi) is 53.3. The molecule has 0 atom stereocenters. The molecule has 4 heteroatoms. The van der Waals surface area contributed by atoms with Gasteiger partial charge in [-0.3, -0.25) is 9.59 Å². The van der Waals surface area contributed by atoms with Gasteiger partial charge in [-0.1, -0.05) is 248 Å². The standard InChI is InChI=1S/C13H20.C10H21NO.C10H20O2.C9H20.C3H8.8CH4/c1-12(2,3)13(4,5)11-9-7-6-8-10-11;1-7-11-8(12)10(5,6)9(2,3)4;1-7-12-8(11)10(5,6)9(2,3)4;1-7-9(5,6)8(2,3)4;1-3-2;;;;;;;;/h6-10H,1-5H3;7H2,1-6H3,(H,11,12);7H2,1-6H3;7H2,1-6H3;3H2,1-2H3;8*1H4. The summed E-state index contributed by atoms with van der Waals surface area (Å²) in [6.45, 7) is 54.7. The van der Waals surface area contributed by atoms with Crippen molar-refractivity contribution in [3.63, 3.8) is 0 Å². The van der Waals surface area contributed by atoms with Gasteiger partial charge in [0.25, 0.3) is 0 Å². The Morgan fingerprint density at radius 1 is 0.491 bits per heavy atom. The molecule has 0 unspecified atom stereocenters. The first-order valence-corrected chi connectivity index (χ1v) is 19.1. The van der Waals surface area contributed by atoms with Crippen LogP contribution in [0.15, 0.2) is 30.3 Å². The van der Waals surface area contributed by atoms with Crippen LogP contribution in [-0.4, -0.2) is 25.0 Å². The van der Waals surface area contributed by atoms with Crippen molar-refractivity contribution in [1.29, 1.82) is 0 Å². The maximum absolute atomic E-state index is 11.6. The van der Waals surface area contributed by atoms with E-state index >= 15 is 0 Å². The minimum Gasteiger partial charge on any atom is -0.466 e. The van der Waals surface area contributed by atoms with Crippen LogP contribution >= 0.6 is 0 Å². The highest BCUT2D eigenvalue weighted by Crippen LogP contribution is 2.42. The smallest absolute Gasteiger partial charge is 0.312 e. The molecular weight excluding hydrogens is 699 g/mol. The Bertz CT molecular complexity index is 979. The van der Waals surface area contributed by atoms with Crippen molar-refractivity contribution in [3.8, 4) is 0 Å². The second-order valence-electron chi connectivity index (χ2n) is 19.8. The normalized spacial score (nSPS) is 10.9. The van der Waals surface area contributed by atoms with Gasteiger partial charge in [-0.15, -0.1) is 0 Å². The maximum Gasteiger partial charge on any atom is 0.312 e. The van der Waals surface area contributed by atoms with Crippen molar-refractivity contribution in [2.24, 2.45) is 37.9 Å². The van der Waals surface area contributed by atoms with Gasteiger partial charge in [0.1, 0.15) is 0 Å². The highest BCUT2D eigenvalue weighted by molar-refractivity contribution is 5.82. The van der Waals surface area contributed by atoms with E-state index in [0.717, 1.165) is 0 Å². The molecule has 1 rings (SSSR count). The number of nitrogens with one attached hydrogen (secondary N) is 1. The fourth-order valence-electron chi connectivity index (χ4n) is 3.16. The first-order valence-electron chi connectivity index (χ1n) is 19.1. The highest BCUT2D eigenvalue weighted by Gasteiger charge is 2.41. The second kappa shape index (κ2) is 35.0. The summed E-state index contributed by atoms with van der Waals surface area (Å²) in [5.41, 5.74) is 2.11. The Balaban J connectivity index is -0.0000000445. The Morgan fingerprint density at radius 3 is 1.00 bits per heavy atom. The fraction of sp³-hybridized carbons (Fsp3) is 0.849. The molecule has 0 radical (unpaired) electrons. The summed E-state index contributed by atoms with van der Waals surface area (Å²) < 4.78 is 4.99. The van der Waals surface area contributed by atoms with E-state index in [0.29, 0.717) is 29.4 Å². The molecular formula is C53H121NO3. The molecule has 356 valence electrons. The van der Waals surface area contributed by atoms with E-state index in [2.05, 4.69) is 146 Å². The third kappa shape index (κ3) is 30.8. The van der Waals surface area contributed by atoms with Crippen LogP contribution in [0, 0.1) is 37.9 Å². The van der Waals surface area contributed by atoms with Gasteiger partial charge in [-0.25, -0.2) is 0 Å². The molecule has 0 spiro atoms. The maximum atomic E-state index is 11.6. The van der Waals surface area contributed by atoms with Crippen LogP contribution in [0.4, 0.5) is 0 Å². The Labute approximate surface area is 368 Å². The number of carbonyl (C=O) groups is 2. The molecule has 0 aromatic heterocycles. The van der Waals surface area contributed by atoms with E-state index in [1.165, 1.54) is 18.4 Å². The van der Waals surface area contributed by atoms with Crippen molar-refractivity contribution in [2.75, 3.05) is 13.2 Å². The van der Waals surface area contributed by atoms with Crippen LogP contribution < -0.4 is 5.32 Å². The van der Waals surface area contributed by atoms with Gasteiger partial charge < -0.3 is 10.1 Å². The van der Waals surface area contributed by atoms with Gasteiger partial charge >= 0.3 is 5.97 Å². The van der Waals surface area contributed by atoms with Gasteiger partial charge in [-0.05, 0) is 65.7 Å². The van der Waals surface area contributed by atoms with Crippen LogP contribution in [0.5, 0.6) is 0 Å². The van der Waals surface area contributed by atoms with E-state index in [9.17, 15) is 9.59 Å². The molecule has 4 nitrogen and oxygen atoms in total. The SMILES string of the molecule is C.C.C.C.C.C.C.C.CC(C)(C)C(C)(C)c1ccccc1.CCC.CCC(C)(C)C(C)(C)C.CCNC(=O)C(C)(C)C(C)(C)C.CCOC(=O)C(C)(C)C(C)(C)C. The summed E-state index contributed by atoms with van der Waals surface area (Å²) in [5, 5.41) is 2.85. The fourth-order valence-corrected chi connectivity index (χ4v) is 3.16. The molecule has 1 N–H and O–H groups in total. The Hall–Kier alpha value is -1.84. The molecule has 1 aromatic carbocycles. The first kappa shape index (κ1) is 86.9. The average Bonchev–Trinajstić information content (AvgIpc) is 2.93. The molecule has 0 aliphatic carbocycles. The van der Waals surface area contributed by atoms with E-state index < -0.39 is 5.41 Å². The van der Waals surface area contributed by atoms with Gasteiger partial charge in [0.05, 0.1) is 12.0 Å². The molecule has 0 saturated heterocycles. The molecule has 1 amide bonds. The van der Waals surface area contributed by atoms with E-state index in [-0.39, 0.29) is 92.9 Å². The number of hydrogen-bond donors (Lipinski definition) is 1. The van der Waals surface area contributed by atoms with Gasteiger partial charge in [0.2, 0.25) is 5.91 Å². The summed E-state index contributed by atoms with van der Waals surface area (Å²) in [7, 11) is 0. The molecule has 1 aromatic rings. The largest absolute Gasteiger partial charge is 0.466 e. The number of ether oxygens (including phenoxy) is 1. The number of benzene rings is 1. The monoisotopic (exact) mass is 820 g/mol. The molecule has 0 aliphatic rings. The van der Waals surface area contributed by atoms with Gasteiger partial charge in [0.15, 0.2) is 0 Å². The van der Waals surface area contributed by atoms with Crippen LogP contribution in [-0.2, 0) is 19.7 Å².